The summed E-state index contributed by atoms with van der Waals surface area (Å²) in [4.78, 5) is 30.1. The Hall–Kier alpha value is -3.60. The fourth-order valence-corrected chi connectivity index (χ4v) is 3.96. The molecule has 178 valence electrons. The molecule has 0 bridgehead atoms. The van der Waals surface area contributed by atoms with E-state index in [0.29, 0.717) is 35.8 Å². The van der Waals surface area contributed by atoms with Crippen molar-refractivity contribution in [2.45, 2.75) is 34.2 Å². The van der Waals surface area contributed by atoms with Crippen molar-refractivity contribution in [3.63, 3.8) is 0 Å². The van der Waals surface area contributed by atoms with Crippen molar-refractivity contribution in [3.05, 3.63) is 94.5 Å². The van der Waals surface area contributed by atoms with E-state index in [9.17, 15) is 9.59 Å². The molecule has 0 fully saturated rings. The molecule has 3 aromatic rings. The predicted octanol–water partition coefficient (Wildman–Crippen LogP) is 5.92. The Bertz CT molecular complexity index is 1150. The van der Waals surface area contributed by atoms with Crippen molar-refractivity contribution >= 4 is 23.2 Å². The highest BCUT2D eigenvalue weighted by atomic mass is 16.2. The van der Waals surface area contributed by atoms with E-state index in [1.165, 1.54) is 0 Å². The van der Waals surface area contributed by atoms with Crippen LogP contribution >= 0.6 is 0 Å². The summed E-state index contributed by atoms with van der Waals surface area (Å²) in [7, 11) is 3.97. The van der Waals surface area contributed by atoms with Gasteiger partial charge in [-0.1, -0.05) is 49.2 Å². The quantitative estimate of drug-likeness (QED) is 0.457. The molecule has 5 nitrogen and oxygen atoms in total. The molecule has 3 aromatic carbocycles. The van der Waals surface area contributed by atoms with E-state index in [1.54, 1.807) is 0 Å². The zero-order valence-electron chi connectivity index (χ0n) is 21.1. The minimum Gasteiger partial charge on any atom is -0.377 e. The highest BCUT2D eigenvalue weighted by molar-refractivity contribution is 6.04. The van der Waals surface area contributed by atoms with Crippen LogP contribution in [0.25, 0.3) is 0 Å². The van der Waals surface area contributed by atoms with E-state index < -0.39 is 0 Å². The lowest BCUT2D eigenvalue weighted by atomic mass is 10.1. The molecule has 0 saturated carbocycles. The van der Waals surface area contributed by atoms with Gasteiger partial charge in [0, 0.05) is 49.7 Å². The third kappa shape index (κ3) is 6.47. The van der Waals surface area contributed by atoms with Gasteiger partial charge in [-0.25, -0.2) is 0 Å². The molecule has 0 aliphatic carbocycles. The van der Waals surface area contributed by atoms with Crippen LogP contribution in [0.2, 0.25) is 0 Å². The Morgan fingerprint density at radius 1 is 0.853 bits per heavy atom. The Labute approximate surface area is 203 Å². The van der Waals surface area contributed by atoms with Gasteiger partial charge in [0.2, 0.25) is 0 Å². The summed E-state index contributed by atoms with van der Waals surface area (Å²) >= 11 is 0. The van der Waals surface area contributed by atoms with Crippen LogP contribution in [0.15, 0.2) is 66.7 Å². The van der Waals surface area contributed by atoms with Crippen molar-refractivity contribution in [2.24, 2.45) is 5.92 Å². The second-order valence-corrected chi connectivity index (χ2v) is 9.51. The van der Waals surface area contributed by atoms with Crippen LogP contribution in [0, 0.1) is 19.8 Å². The van der Waals surface area contributed by atoms with E-state index in [1.807, 2.05) is 104 Å². The number of carbonyl (C=O) groups is 2. The van der Waals surface area contributed by atoms with Gasteiger partial charge in [0.25, 0.3) is 11.8 Å². The van der Waals surface area contributed by atoms with E-state index in [4.69, 9.17) is 0 Å². The Balaban J connectivity index is 1.90. The molecule has 0 aromatic heterocycles. The Morgan fingerprint density at radius 3 is 2.18 bits per heavy atom. The molecule has 0 atom stereocenters. The lowest BCUT2D eigenvalue weighted by Crippen LogP contribution is -2.34. The number of amides is 2. The molecule has 34 heavy (non-hydrogen) atoms. The van der Waals surface area contributed by atoms with E-state index in [-0.39, 0.29) is 11.8 Å². The first-order valence-electron chi connectivity index (χ1n) is 11.7. The van der Waals surface area contributed by atoms with Gasteiger partial charge < -0.3 is 15.1 Å². The molecular weight excluding hydrogens is 422 g/mol. The molecule has 0 aliphatic heterocycles. The summed E-state index contributed by atoms with van der Waals surface area (Å²) in [6.45, 7) is 9.30. The number of nitrogens with zero attached hydrogens (tertiary/aromatic N) is 2. The number of benzene rings is 3. The summed E-state index contributed by atoms with van der Waals surface area (Å²) in [5.74, 6) is 0.176. The molecule has 0 radical (unpaired) electrons. The third-order valence-corrected chi connectivity index (χ3v) is 5.63. The monoisotopic (exact) mass is 457 g/mol. The molecule has 0 aliphatic rings. The molecule has 5 heteroatoms. The van der Waals surface area contributed by atoms with Gasteiger partial charge in [0.15, 0.2) is 0 Å². The summed E-state index contributed by atoms with van der Waals surface area (Å²) in [5, 5.41) is 3.01. The second-order valence-electron chi connectivity index (χ2n) is 9.51. The third-order valence-electron chi connectivity index (χ3n) is 5.63. The van der Waals surface area contributed by atoms with Gasteiger partial charge >= 0.3 is 0 Å². The fourth-order valence-electron chi connectivity index (χ4n) is 3.96. The number of aryl methyl sites for hydroxylation is 2. The minimum absolute atomic E-state index is 0.0104. The van der Waals surface area contributed by atoms with Crippen molar-refractivity contribution in [2.75, 3.05) is 30.9 Å². The summed E-state index contributed by atoms with van der Waals surface area (Å²) in [6.07, 6.45) is 0. The molecule has 3 rings (SSSR count). The maximum atomic E-state index is 13.4. The van der Waals surface area contributed by atoms with Crippen LogP contribution in [0.3, 0.4) is 0 Å². The van der Waals surface area contributed by atoms with Crippen molar-refractivity contribution < 1.29 is 9.59 Å². The number of rotatable bonds is 8. The molecule has 1 N–H and O–H groups in total. The topological polar surface area (TPSA) is 52.7 Å². The van der Waals surface area contributed by atoms with Gasteiger partial charge in [-0.2, -0.15) is 0 Å². The van der Waals surface area contributed by atoms with Crippen LogP contribution in [0.5, 0.6) is 0 Å². The molecule has 0 spiro atoms. The van der Waals surface area contributed by atoms with E-state index >= 15 is 0 Å². The maximum Gasteiger partial charge on any atom is 0.255 e. The SMILES string of the molecule is Cc1ccc(C(=O)Nc2ccc(N(C)C)c(CN(CC(C)C)C(=O)c3cccc(C)c3)c2)cc1. The lowest BCUT2D eigenvalue weighted by Gasteiger charge is -2.28. The summed E-state index contributed by atoms with van der Waals surface area (Å²) in [5.41, 5.74) is 6.17. The van der Waals surface area contributed by atoms with Crippen molar-refractivity contribution in [1.82, 2.24) is 4.90 Å². The average Bonchev–Trinajstić information content (AvgIpc) is 2.78. The van der Waals surface area contributed by atoms with Gasteiger partial charge in [-0.3, -0.25) is 9.59 Å². The standard InChI is InChI=1S/C29H35N3O2/c1-20(2)18-32(29(34)24-9-7-8-22(4)16-24)19-25-17-26(14-15-27(25)31(5)6)30-28(33)23-12-10-21(3)11-13-23/h7-17,20H,18-19H2,1-6H3,(H,30,33). The first kappa shape index (κ1) is 25.0. The minimum atomic E-state index is -0.154. The Kier molecular flexibility index (Phi) is 8.11. The number of hydrogen-bond donors (Lipinski definition) is 1. The first-order chi connectivity index (χ1) is 16.1. The molecular formula is C29H35N3O2. The highest BCUT2D eigenvalue weighted by Crippen LogP contribution is 2.26. The van der Waals surface area contributed by atoms with Crippen LogP contribution in [0.1, 0.15) is 51.3 Å². The second kappa shape index (κ2) is 11.0. The molecule has 0 unspecified atom stereocenters. The van der Waals surface area contributed by atoms with Gasteiger partial charge in [0.05, 0.1) is 0 Å². The van der Waals surface area contributed by atoms with Crippen LogP contribution in [-0.2, 0) is 6.54 Å². The molecule has 0 saturated heterocycles. The summed E-state index contributed by atoms with van der Waals surface area (Å²) < 4.78 is 0. The van der Waals surface area contributed by atoms with Crippen molar-refractivity contribution in [1.29, 1.82) is 0 Å². The van der Waals surface area contributed by atoms with E-state index in [2.05, 4.69) is 19.2 Å². The zero-order valence-corrected chi connectivity index (χ0v) is 21.1. The van der Waals surface area contributed by atoms with Gasteiger partial charge in [-0.05, 0) is 67.8 Å². The smallest absolute Gasteiger partial charge is 0.255 e. The highest BCUT2D eigenvalue weighted by Gasteiger charge is 2.20. The predicted molar refractivity (Wildman–Crippen MR) is 141 cm³/mol. The number of nitrogens with one attached hydrogen (secondary N) is 1. The molecule has 2 amide bonds. The van der Waals surface area contributed by atoms with Crippen molar-refractivity contribution in [3.8, 4) is 0 Å². The normalized spacial score (nSPS) is 10.8. The number of hydrogen-bond acceptors (Lipinski definition) is 3. The average molecular weight is 458 g/mol. The number of carbonyl (C=O) groups excluding carboxylic acids is 2. The van der Waals surface area contributed by atoms with Crippen LogP contribution < -0.4 is 10.2 Å². The number of anilines is 2. The maximum absolute atomic E-state index is 13.4. The van der Waals surface area contributed by atoms with Crippen LogP contribution in [0.4, 0.5) is 11.4 Å². The first-order valence-corrected chi connectivity index (χ1v) is 11.7. The van der Waals surface area contributed by atoms with Gasteiger partial charge in [-0.15, -0.1) is 0 Å². The van der Waals surface area contributed by atoms with Gasteiger partial charge in [0.1, 0.15) is 0 Å². The Morgan fingerprint density at radius 2 is 1.56 bits per heavy atom. The van der Waals surface area contributed by atoms with E-state index in [0.717, 1.165) is 22.4 Å². The lowest BCUT2D eigenvalue weighted by molar-refractivity contribution is 0.0722. The zero-order chi connectivity index (χ0) is 24.8. The largest absolute Gasteiger partial charge is 0.377 e. The summed E-state index contributed by atoms with van der Waals surface area (Å²) in [6, 6.07) is 21.1. The fraction of sp³-hybridized carbons (Fsp3) is 0.310. The van der Waals surface area contributed by atoms with Crippen LogP contribution in [-0.4, -0.2) is 37.4 Å². The molecule has 0 heterocycles.